The van der Waals surface area contributed by atoms with Gasteiger partial charge in [-0.2, -0.15) is 13.2 Å². The number of para-hydroxylation sites is 3. The number of aldehydes is 1. The minimum absolute atomic E-state index is 0.0122. The Morgan fingerprint density at radius 3 is 1.12 bits per heavy atom. The van der Waals surface area contributed by atoms with Crippen molar-refractivity contribution in [2.24, 2.45) is 0 Å². The Labute approximate surface area is 823 Å². The fourth-order valence-electron chi connectivity index (χ4n) is 17.3. The third-order valence-corrected chi connectivity index (χ3v) is 25.3. The molecule has 0 spiro atoms. The van der Waals surface area contributed by atoms with Gasteiger partial charge in [-0.15, -0.1) is 0 Å². The van der Waals surface area contributed by atoms with Crippen molar-refractivity contribution in [3.05, 3.63) is 223 Å². The highest BCUT2D eigenvalue weighted by Gasteiger charge is 2.43. The van der Waals surface area contributed by atoms with Crippen molar-refractivity contribution in [1.29, 1.82) is 0 Å². The van der Waals surface area contributed by atoms with Gasteiger partial charge in [0.25, 0.3) is 0 Å². The average Bonchev–Trinajstić information content (AvgIpc) is 1.57. The van der Waals surface area contributed by atoms with E-state index in [1.807, 2.05) is 199 Å². The number of likely N-dealkylation sites (N-methyl/N-ethyl adjacent to an activating group) is 2. The number of halogens is 4. The Hall–Kier alpha value is -13.2. The molecule has 3 aliphatic heterocycles. The zero-order valence-electron chi connectivity index (χ0n) is 81.3. The summed E-state index contributed by atoms with van der Waals surface area (Å²) in [7, 11) is 4.91. The molecule has 3 saturated heterocycles. The molecule has 6 aromatic heterocycles. The number of likely N-dealkylation sites (tertiary alicyclic amines) is 3. The van der Waals surface area contributed by atoms with Crippen LogP contribution in [-0.4, -0.2) is 218 Å². The zero-order chi connectivity index (χ0) is 100. The molecule has 5 saturated carbocycles. The van der Waals surface area contributed by atoms with E-state index in [-0.39, 0.29) is 36.2 Å². The maximum atomic E-state index is 13.1. The topological polar surface area (TPSA) is 368 Å². The van der Waals surface area contributed by atoms with Crippen LogP contribution in [0.5, 0.6) is 34.5 Å². The van der Waals surface area contributed by atoms with Crippen LogP contribution in [0.15, 0.2) is 212 Å². The zero-order valence-corrected chi connectivity index (χ0v) is 81.9. The second-order valence-corrected chi connectivity index (χ2v) is 38.3. The quantitative estimate of drug-likeness (QED) is 0.0213. The van der Waals surface area contributed by atoms with Crippen LogP contribution in [0.2, 0.25) is 0 Å². The number of carboxylic acids is 1. The normalized spacial score (nSPS) is 17.4. The van der Waals surface area contributed by atoms with Crippen LogP contribution >= 0.6 is 15.9 Å². The highest BCUT2D eigenvalue weighted by atomic mass is 79.9. The molecule has 8 N–H and O–H groups in total. The number of hydrogen-bond acceptors (Lipinski definition) is 23. The molecule has 3 atom stereocenters. The van der Waals surface area contributed by atoms with E-state index in [1.54, 1.807) is 35.2 Å². The van der Waals surface area contributed by atoms with Gasteiger partial charge in [0.2, 0.25) is 12.2 Å². The lowest BCUT2D eigenvalue weighted by Crippen LogP contribution is -2.35. The number of fused-ring (bicyclic) bond motifs is 3. The van der Waals surface area contributed by atoms with Crippen LogP contribution in [-0.2, 0) is 28.5 Å². The molecule has 737 valence electrons. The predicted octanol–water partition coefficient (Wildman–Crippen LogP) is 20.9. The van der Waals surface area contributed by atoms with E-state index >= 15 is 0 Å². The maximum Gasteiger partial charge on any atom is 0.485 e. The van der Waals surface area contributed by atoms with Gasteiger partial charge in [-0.3, -0.25) is 19.4 Å². The number of nitrogens with two attached hydrogens (primary N) is 3. The van der Waals surface area contributed by atoms with Crippen molar-refractivity contribution in [2.45, 2.75) is 204 Å². The van der Waals surface area contributed by atoms with Crippen LogP contribution in [0, 0.1) is 0 Å². The summed E-state index contributed by atoms with van der Waals surface area (Å²) in [5.41, 5.74) is 29.4. The molecule has 1 radical (unpaired) electrons. The van der Waals surface area contributed by atoms with Gasteiger partial charge >= 0.3 is 32.0 Å². The van der Waals surface area contributed by atoms with Crippen molar-refractivity contribution >= 4 is 105 Å². The van der Waals surface area contributed by atoms with E-state index in [2.05, 4.69) is 95.3 Å². The summed E-state index contributed by atoms with van der Waals surface area (Å²) in [6.07, 6.45) is 19.5. The summed E-state index contributed by atoms with van der Waals surface area (Å²) in [4.78, 5) is 94.4. The highest BCUT2D eigenvalue weighted by Crippen LogP contribution is 2.54. The summed E-state index contributed by atoms with van der Waals surface area (Å²) < 4.78 is 79.0. The molecule has 8 fully saturated rings. The largest absolute Gasteiger partial charge is 0.485 e. The molecular formula is C105H123BBrF3N17O13. The summed E-state index contributed by atoms with van der Waals surface area (Å²) >= 11 is 3.83. The van der Waals surface area contributed by atoms with Crippen molar-refractivity contribution in [3.63, 3.8) is 0 Å². The highest BCUT2D eigenvalue weighted by molar-refractivity contribution is 9.10. The number of carbonyl (C=O) groups is 5. The number of nitrogens with zero attached hydrogens (tertiary/aromatic N) is 14. The number of amides is 3. The van der Waals surface area contributed by atoms with Gasteiger partial charge in [-0.1, -0.05) is 117 Å². The SMILES string of the molecule is CC(C)(C)OC(=O)N1CC[C@@H](n2c(Br)c(-c3ccc(Oc4ccccc4)cc3)c3c(N)ncnc32)C1.CC(C)(C)OC(=O)N1CC[C@@H](n2c(C3CC3)c(-c3ccc(Oc4ccccc4)cc3)c3c(N)ncnc32)C1.CN(C/C=C/C(=O)N1CC[C@@H](n2c(C3CC3)c(-c3ccc(Oc4ccccc4)cc3)c3c(N)ncnc32)C1)C1CC1.CN(C/C=C/C(=O)O)C1CC1.O=CC(F)(F)F.O[B]OC1CC1.[2H]CC. The molecule has 9 heterocycles. The number of aliphatic carboxylic acids is 1. The molecule has 30 nitrogen and oxygen atoms in total. The van der Waals surface area contributed by atoms with E-state index < -0.39 is 29.6 Å². The molecule has 35 heteroatoms. The summed E-state index contributed by atoms with van der Waals surface area (Å²) in [5.74, 6) is 6.11. The lowest BCUT2D eigenvalue weighted by Gasteiger charge is -2.25. The summed E-state index contributed by atoms with van der Waals surface area (Å²) in [6.45, 7) is 18.9. The third-order valence-electron chi connectivity index (χ3n) is 24.5. The van der Waals surface area contributed by atoms with Crippen LogP contribution in [0.4, 0.5) is 40.2 Å². The average molecular weight is 1980 g/mol. The van der Waals surface area contributed by atoms with E-state index in [0.29, 0.717) is 87.1 Å². The first-order valence-corrected chi connectivity index (χ1v) is 48.2. The van der Waals surface area contributed by atoms with Crippen LogP contribution in [0.3, 0.4) is 0 Å². The van der Waals surface area contributed by atoms with Crippen molar-refractivity contribution in [3.8, 4) is 67.9 Å². The van der Waals surface area contributed by atoms with Crippen molar-refractivity contribution in [2.75, 3.05) is 83.7 Å². The lowest BCUT2D eigenvalue weighted by atomic mass is 10.0. The molecule has 20 rings (SSSR count). The van der Waals surface area contributed by atoms with E-state index in [4.69, 9.17) is 67.1 Å². The number of carbonyl (C=O) groups excluding carboxylic acids is 4. The number of anilines is 3. The van der Waals surface area contributed by atoms with E-state index in [0.717, 1.165) is 191 Å². The molecule has 12 aromatic rings. The van der Waals surface area contributed by atoms with Gasteiger partial charge in [-0.05, 0) is 256 Å². The van der Waals surface area contributed by atoms with Crippen LogP contribution in [0.25, 0.3) is 66.5 Å². The second kappa shape index (κ2) is 46.3. The van der Waals surface area contributed by atoms with Gasteiger partial charge in [0.15, 0.2) is 0 Å². The Kier molecular flexibility index (Phi) is 33.4. The van der Waals surface area contributed by atoms with E-state index in [9.17, 15) is 32.3 Å². The molecule has 8 aliphatic rings. The molecule has 5 aliphatic carbocycles. The Morgan fingerprint density at radius 2 is 0.800 bits per heavy atom. The molecule has 6 aromatic carbocycles. The molecule has 0 unspecified atom stereocenters. The summed E-state index contributed by atoms with van der Waals surface area (Å²) in [5, 5.41) is 18.8. The third kappa shape index (κ3) is 27.3. The minimum Gasteiger partial charge on any atom is -0.478 e. The molecule has 0 bridgehead atoms. The molecule has 140 heavy (non-hydrogen) atoms. The van der Waals surface area contributed by atoms with Crippen molar-refractivity contribution < 1.29 is 77.0 Å². The first-order valence-electron chi connectivity index (χ1n) is 48.1. The number of nitrogen functional groups attached to an aromatic ring is 3. The lowest BCUT2D eigenvalue weighted by molar-refractivity contribution is -0.156. The Bertz CT molecular complexity index is 6310. The van der Waals surface area contributed by atoms with Gasteiger partial charge in [0, 0.05) is 112 Å². The van der Waals surface area contributed by atoms with Gasteiger partial charge in [0.1, 0.15) is 99.1 Å². The Morgan fingerprint density at radius 1 is 0.479 bits per heavy atom. The Balaban J connectivity index is 0.000000149. The number of benzene rings is 6. The van der Waals surface area contributed by atoms with Gasteiger partial charge < -0.3 is 84.1 Å². The number of rotatable bonds is 24. The fourth-order valence-corrected chi connectivity index (χ4v) is 18.1. The number of carboxylic acid groups (broad SMARTS) is 1. The molecule has 3 amide bonds. The van der Waals surface area contributed by atoms with E-state index in [1.165, 1.54) is 55.8 Å². The van der Waals surface area contributed by atoms with Crippen molar-refractivity contribution in [1.82, 2.24) is 68.1 Å². The summed E-state index contributed by atoms with van der Waals surface area (Å²) in [6, 6.07) is 55.0. The number of alkyl halides is 3. The fraction of sp³-hybridized carbons (Fsp3) is 0.400. The minimum atomic E-state index is -4.64. The first-order chi connectivity index (χ1) is 67.7. The standard InChI is InChI=1S/C33H36N6O2.C30H33N5O3.C27H28BrN5O3.C8H13NO2.C3H6BO2.C2HF3O.C2H6/c1-37(24-13-14-24)18-5-8-28(40)38-19-17-25(20-38)39-31(23-9-10-23)29(30-32(34)35-21-36-33(30)39)22-11-15-27(16-12-22)41-26-6-3-2-4-7-26;1-30(2,3)38-29(36)34-16-15-21(17-34)35-26(20-9-10-20)24(25-27(31)32-18-33-28(25)35)19-11-13-23(14-12-19)37-22-7-5-4-6-8-22;1-27(2,3)36-26(34)32-14-13-18(15-32)33-23(28)21(22-24(29)30-16-31-25(22)33)17-9-11-20(12-10-17)35-19-7-5-4-6-8-19;1-9(7-4-5-7)6-2-3-8(10)11;5-4-6-3-1-2-3;3-2(4,5)1-6;1-2/h2-8,11-12,15-16,21,23-25H,9-10,13-14,17-20H2,1H3,(H2,34,35,36);4-8,11-14,18,20-21H,9-10,15-17H2,1-3H3,(H2,31,32,33);4-12,16,18H,13-15H2,1-3H3,(H2,29,30,31);2-3,7H,4-6H2,1H3,(H,10,11);3,5H,1-2H2;1H;1-2H3/b8-5+;;;3-2+;;;/t25-;21-;18-;;;;/m111..../s1/i;;;;;;1D. The second-order valence-electron chi connectivity index (χ2n) is 37.6. The molecular weight excluding hydrogens is 1850 g/mol. The monoisotopic (exact) mass is 1980 g/mol. The van der Waals surface area contributed by atoms with Crippen LogP contribution in [0.1, 0.15) is 182 Å². The predicted molar refractivity (Wildman–Crippen MR) is 539 cm³/mol. The number of aromatic nitrogens is 9. The number of hydrogen-bond donors (Lipinski definition) is 5. The van der Waals surface area contributed by atoms with Gasteiger partial charge in [-0.25, -0.2) is 44.3 Å². The first kappa shape index (κ1) is 101. The smallest absolute Gasteiger partial charge is 0.478 e. The van der Waals surface area contributed by atoms with Crippen LogP contribution < -0.4 is 31.4 Å². The maximum absolute atomic E-state index is 13.1. The van der Waals surface area contributed by atoms with Gasteiger partial charge in [0.05, 0.1) is 38.9 Å². The number of ether oxygens (including phenoxy) is 5.